The summed E-state index contributed by atoms with van der Waals surface area (Å²) in [4.78, 5) is 0. The summed E-state index contributed by atoms with van der Waals surface area (Å²) < 4.78 is 7.98. The van der Waals surface area contributed by atoms with Crippen molar-refractivity contribution in [3.8, 4) is 11.3 Å². The molecule has 0 N–H and O–H groups in total. The topological polar surface area (TPSA) is 39.9 Å². The van der Waals surface area contributed by atoms with Crippen molar-refractivity contribution in [1.82, 2.24) is 15.0 Å². The average molecular weight is 269 g/mol. The molecule has 0 saturated heterocycles. The molecule has 4 nitrogen and oxygen atoms in total. The lowest BCUT2D eigenvalue weighted by atomic mass is 9.97. The van der Waals surface area contributed by atoms with Gasteiger partial charge in [-0.15, -0.1) is 11.7 Å². The first-order valence-electron chi connectivity index (χ1n) is 6.97. The van der Waals surface area contributed by atoms with Crippen molar-refractivity contribution < 1.29 is 4.74 Å². The van der Waals surface area contributed by atoms with Crippen molar-refractivity contribution in [2.45, 2.75) is 26.0 Å². The first kappa shape index (κ1) is 13.1. The van der Waals surface area contributed by atoms with E-state index in [1.54, 1.807) is 0 Å². The second-order valence-corrected chi connectivity index (χ2v) is 5.43. The molecule has 0 aliphatic carbocycles. The molecule has 2 heterocycles. The largest absolute Gasteiger partial charge is 0.369 e. The van der Waals surface area contributed by atoms with E-state index in [0.717, 1.165) is 17.0 Å². The van der Waals surface area contributed by atoms with Gasteiger partial charge in [-0.3, -0.25) is 0 Å². The van der Waals surface area contributed by atoms with Crippen molar-refractivity contribution in [3.05, 3.63) is 48.7 Å². The Hall–Kier alpha value is -1.94. The van der Waals surface area contributed by atoms with Gasteiger partial charge in [-0.25, -0.2) is 4.68 Å². The number of ether oxygens (including phenoxy) is 1. The zero-order chi connectivity index (χ0) is 14.1. The fourth-order valence-corrected chi connectivity index (χ4v) is 2.64. The van der Waals surface area contributed by atoms with Gasteiger partial charge in [0.25, 0.3) is 0 Å². The highest BCUT2D eigenvalue weighted by Gasteiger charge is 2.33. The molecule has 1 aromatic carbocycles. The highest BCUT2D eigenvalue weighted by molar-refractivity contribution is 5.62. The Bertz CT molecular complexity index is 603. The van der Waals surface area contributed by atoms with Gasteiger partial charge in [0, 0.05) is 5.56 Å². The van der Waals surface area contributed by atoms with E-state index in [-0.39, 0.29) is 12.1 Å². The van der Waals surface area contributed by atoms with Gasteiger partial charge in [0.2, 0.25) is 0 Å². The Kier molecular flexibility index (Phi) is 3.40. The van der Waals surface area contributed by atoms with E-state index in [2.05, 4.69) is 42.9 Å². The molecule has 1 aliphatic heterocycles. The molecule has 4 heteroatoms. The number of rotatable bonds is 3. The number of aromatic nitrogens is 3. The summed E-state index contributed by atoms with van der Waals surface area (Å²) in [7, 11) is 0. The summed E-state index contributed by atoms with van der Waals surface area (Å²) in [5.74, 6) is 0.375. The minimum atomic E-state index is 0.0245. The molecule has 0 fully saturated rings. The van der Waals surface area contributed by atoms with Crippen LogP contribution in [0.1, 0.15) is 31.7 Å². The van der Waals surface area contributed by atoms with Gasteiger partial charge >= 0.3 is 0 Å². The monoisotopic (exact) mass is 269 g/mol. The highest BCUT2D eigenvalue weighted by Crippen LogP contribution is 2.38. The first-order valence-corrected chi connectivity index (χ1v) is 6.97. The van der Waals surface area contributed by atoms with Gasteiger partial charge in [-0.1, -0.05) is 55.5 Å². The normalized spacial score (nSPS) is 21.8. The zero-order valence-electron chi connectivity index (χ0n) is 11.9. The smallest absolute Gasteiger partial charge is 0.118 e. The maximum atomic E-state index is 6.02. The molecule has 1 aromatic heterocycles. The predicted molar refractivity (Wildman–Crippen MR) is 78.2 cm³/mol. The van der Waals surface area contributed by atoms with E-state index < -0.39 is 0 Å². The Morgan fingerprint density at radius 3 is 2.75 bits per heavy atom. The molecule has 0 amide bonds. The SMILES string of the molecule is C=C[C@@H]1CO[C@@H](C(C)C)c2c(-c3ccccc3)nnn21. The Labute approximate surface area is 119 Å². The lowest BCUT2D eigenvalue weighted by Crippen LogP contribution is -2.29. The van der Waals surface area contributed by atoms with Crippen LogP contribution in [0.3, 0.4) is 0 Å². The summed E-state index contributed by atoms with van der Waals surface area (Å²) in [6.45, 7) is 8.79. The number of hydrogen-bond acceptors (Lipinski definition) is 3. The Morgan fingerprint density at radius 2 is 2.10 bits per heavy atom. The van der Waals surface area contributed by atoms with Gasteiger partial charge in [0.05, 0.1) is 18.3 Å². The van der Waals surface area contributed by atoms with Crippen LogP contribution in [0.5, 0.6) is 0 Å². The number of hydrogen-bond donors (Lipinski definition) is 0. The van der Waals surface area contributed by atoms with Crippen LogP contribution in [0.2, 0.25) is 0 Å². The van der Waals surface area contributed by atoms with Crippen LogP contribution < -0.4 is 0 Å². The molecule has 0 saturated carbocycles. The van der Waals surface area contributed by atoms with Crippen molar-refractivity contribution in [1.29, 1.82) is 0 Å². The third kappa shape index (κ3) is 2.06. The van der Waals surface area contributed by atoms with E-state index >= 15 is 0 Å². The third-order valence-electron chi connectivity index (χ3n) is 3.69. The number of nitrogens with zero attached hydrogens (tertiary/aromatic N) is 3. The molecule has 0 bridgehead atoms. The summed E-state index contributed by atoms with van der Waals surface area (Å²) in [5, 5.41) is 8.72. The first-order chi connectivity index (χ1) is 9.72. The van der Waals surface area contributed by atoms with E-state index in [0.29, 0.717) is 12.5 Å². The number of fused-ring (bicyclic) bond motifs is 1. The second kappa shape index (κ2) is 5.21. The Morgan fingerprint density at radius 1 is 1.35 bits per heavy atom. The molecule has 104 valence electrons. The average Bonchev–Trinajstić information content (AvgIpc) is 2.91. The van der Waals surface area contributed by atoms with Gasteiger partial charge in [0.15, 0.2) is 0 Å². The fraction of sp³-hybridized carbons (Fsp3) is 0.375. The van der Waals surface area contributed by atoms with Gasteiger partial charge in [0.1, 0.15) is 11.8 Å². The van der Waals surface area contributed by atoms with E-state index in [1.165, 1.54) is 0 Å². The molecule has 0 unspecified atom stereocenters. The zero-order valence-corrected chi connectivity index (χ0v) is 11.9. The van der Waals surface area contributed by atoms with E-state index in [9.17, 15) is 0 Å². The highest BCUT2D eigenvalue weighted by atomic mass is 16.5. The van der Waals surface area contributed by atoms with Crippen LogP contribution in [-0.4, -0.2) is 21.6 Å². The van der Waals surface area contributed by atoms with E-state index in [4.69, 9.17) is 4.74 Å². The summed E-state index contributed by atoms with van der Waals surface area (Å²) in [6.07, 6.45) is 1.89. The lowest BCUT2D eigenvalue weighted by Gasteiger charge is -2.31. The van der Waals surface area contributed by atoms with Crippen molar-refractivity contribution in [3.63, 3.8) is 0 Å². The summed E-state index contributed by atoms with van der Waals surface area (Å²) in [6, 6.07) is 10.2. The summed E-state index contributed by atoms with van der Waals surface area (Å²) in [5.41, 5.74) is 3.05. The van der Waals surface area contributed by atoms with Crippen LogP contribution in [-0.2, 0) is 4.74 Å². The molecule has 0 spiro atoms. The molecule has 3 rings (SSSR count). The predicted octanol–water partition coefficient (Wildman–Crippen LogP) is 3.40. The molecule has 0 radical (unpaired) electrons. The van der Waals surface area contributed by atoms with Gasteiger partial charge in [-0.2, -0.15) is 0 Å². The molecule has 2 atom stereocenters. The van der Waals surface area contributed by atoms with E-state index in [1.807, 2.05) is 29.0 Å². The third-order valence-corrected chi connectivity index (χ3v) is 3.69. The van der Waals surface area contributed by atoms with Crippen molar-refractivity contribution >= 4 is 0 Å². The second-order valence-electron chi connectivity index (χ2n) is 5.43. The van der Waals surface area contributed by atoms with Gasteiger partial charge < -0.3 is 4.74 Å². The quantitative estimate of drug-likeness (QED) is 0.802. The molecule has 1 aliphatic rings. The van der Waals surface area contributed by atoms with Crippen molar-refractivity contribution in [2.75, 3.05) is 6.61 Å². The number of benzene rings is 1. The summed E-state index contributed by atoms with van der Waals surface area (Å²) >= 11 is 0. The maximum Gasteiger partial charge on any atom is 0.118 e. The van der Waals surface area contributed by atoms with Crippen LogP contribution in [0.15, 0.2) is 43.0 Å². The molecule has 2 aromatic rings. The maximum absolute atomic E-state index is 6.02. The van der Waals surface area contributed by atoms with Gasteiger partial charge in [-0.05, 0) is 5.92 Å². The minimum Gasteiger partial charge on any atom is -0.369 e. The molecule has 20 heavy (non-hydrogen) atoms. The van der Waals surface area contributed by atoms with Crippen LogP contribution in [0.25, 0.3) is 11.3 Å². The van der Waals surface area contributed by atoms with Crippen LogP contribution in [0, 0.1) is 5.92 Å². The van der Waals surface area contributed by atoms with Crippen LogP contribution in [0.4, 0.5) is 0 Å². The van der Waals surface area contributed by atoms with Crippen molar-refractivity contribution in [2.24, 2.45) is 5.92 Å². The lowest BCUT2D eigenvalue weighted by molar-refractivity contribution is -0.0206. The molecular weight excluding hydrogens is 250 g/mol. The standard InChI is InChI=1S/C16H19N3O/c1-4-13-10-20-16(11(2)3)15-14(17-18-19(13)15)12-8-6-5-7-9-12/h4-9,11,13,16H,1,10H2,2-3H3/t13-,16+/m1/s1. The van der Waals surface area contributed by atoms with Crippen LogP contribution >= 0.6 is 0 Å². The fourth-order valence-electron chi connectivity index (χ4n) is 2.64. The Balaban J connectivity index is 2.15. The molecular formula is C16H19N3O. The minimum absolute atomic E-state index is 0.0245.